The largest absolute Gasteiger partial charge is 0.128 e. The Hall–Kier alpha value is -2.55. The van der Waals surface area contributed by atoms with E-state index in [1.807, 2.05) is 6.08 Å². The molecule has 0 aromatic heterocycles. The zero-order chi connectivity index (χ0) is 13.4. The Kier molecular flexibility index (Phi) is 2.56. The van der Waals surface area contributed by atoms with Crippen molar-refractivity contribution in [3.63, 3.8) is 0 Å². The van der Waals surface area contributed by atoms with Crippen LogP contribution in [0.3, 0.4) is 0 Å². The maximum Gasteiger partial charge on any atom is 0.115 e. The maximum atomic E-state index is 4.17. The summed E-state index contributed by atoms with van der Waals surface area (Å²) < 4.78 is 0. The van der Waals surface area contributed by atoms with Crippen LogP contribution in [0.4, 0.5) is 0 Å². The summed E-state index contributed by atoms with van der Waals surface area (Å²) in [7, 11) is 0. The van der Waals surface area contributed by atoms with Gasteiger partial charge in [-0.15, -0.1) is 10.2 Å². The summed E-state index contributed by atoms with van der Waals surface area (Å²) in [5.41, 5.74) is 4.48. The summed E-state index contributed by atoms with van der Waals surface area (Å²) in [4.78, 5) is 0. The third kappa shape index (κ3) is 1.79. The zero-order valence-corrected chi connectivity index (χ0v) is 11.0. The molecule has 2 aromatic carbocycles. The first-order valence-electron chi connectivity index (χ1n) is 6.76. The third-order valence-electron chi connectivity index (χ3n) is 3.80. The van der Waals surface area contributed by atoms with Gasteiger partial charge in [-0.1, -0.05) is 48.5 Å². The van der Waals surface area contributed by atoms with E-state index in [-0.39, 0.29) is 0 Å². The van der Waals surface area contributed by atoms with Crippen LogP contribution in [0.25, 0.3) is 10.8 Å². The molecule has 0 amide bonds. The standard InChI is InChI=1S/C17H13N3/c1-2-9-15-12(5-1)6-3-7-13(15)11-14-8-4-10-16-17(14)19-20-18-16/h1-7,9-10H,8,11H2. The molecule has 0 radical (unpaired) electrons. The van der Waals surface area contributed by atoms with E-state index < -0.39 is 0 Å². The Balaban J connectivity index is 1.79. The van der Waals surface area contributed by atoms with Crippen molar-refractivity contribution in [2.24, 2.45) is 15.4 Å². The number of nitrogens with zero attached hydrogens (tertiary/aromatic N) is 3. The smallest absolute Gasteiger partial charge is 0.115 e. The second-order valence-electron chi connectivity index (χ2n) is 5.05. The topological polar surface area (TPSA) is 37.1 Å². The van der Waals surface area contributed by atoms with Gasteiger partial charge in [0.15, 0.2) is 0 Å². The molecular weight excluding hydrogens is 246 g/mol. The Labute approximate surface area is 117 Å². The highest BCUT2D eigenvalue weighted by atomic mass is 15.4. The fraction of sp³-hybridized carbons (Fsp3) is 0.118. The molecule has 0 bridgehead atoms. The van der Waals surface area contributed by atoms with Gasteiger partial charge in [0, 0.05) is 0 Å². The highest BCUT2D eigenvalue weighted by Gasteiger charge is 2.19. The molecule has 4 rings (SSSR count). The highest BCUT2D eigenvalue weighted by Crippen LogP contribution is 2.28. The molecule has 0 unspecified atom stereocenters. The molecule has 1 aliphatic carbocycles. The van der Waals surface area contributed by atoms with Crippen LogP contribution < -0.4 is 0 Å². The van der Waals surface area contributed by atoms with Crippen LogP contribution in [0.2, 0.25) is 0 Å². The van der Waals surface area contributed by atoms with E-state index >= 15 is 0 Å². The Morgan fingerprint density at radius 1 is 1.00 bits per heavy atom. The van der Waals surface area contributed by atoms with Crippen LogP contribution in [0, 0.1) is 0 Å². The molecule has 96 valence electrons. The van der Waals surface area contributed by atoms with Crippen molar-refractivity contribution < 1.29 is 0 Å². The lowest BCUT2D eigenvalue weighted by Crippen LogP contribution is -2.05. The number of hydrogen-bond donors (Lipinski definition) is 0. The van der Waals surface area contributed by atoms with Gasteiger partial charge in [0.05, 0.1) is 0 Å². The first-order valence-corrected chi connectivity index (χ1v) is 6.76. The van der Waals surface area contributed by atoms with Gasteiger partial charge in [-0.05, 0) is 46.0 Å². The van der Waals surface area contributed by atoms with E-state index in [9.17, 15) is 0 Å². The molecule has 2 aromatic rings. The molecule has 0 fully saturated rings. The van der Waals surface area contributed by atoms with Gasteiger partial charge in [-0.2, -0.15) is 0 Å². The fourth-order valence-electron chi connectivity index (χ4n) is 2.82. The molecule has 0 N–H and O–H groups in total. The minimum absolute atomic E-state index is 0.895. The molecule has 0 saturated heterocycles. The number of fused-ring (bicyclic) bond motifs is 2. The average Bonchev–Trinajstić information content (AvgIpc) is 2.97. The molecule has 1 heterocycles. The van der Waals surface area contributed by atoms with Crippen molar-refractivity contribution in [2.45, 2.75) is 12.8 Å². The van der Waals surface area contributed by atoms with Crippen LogP contribution in [-0.2, 0) is 6.42 Å². The molecule has 1 aliphatic heterocycles. The van der Waals surface area contributed by atoms with Gasteiger partial charge in [0.2, 0.25) is 0 Å². The van der Waals surface area contributed by atoms with E-state index in [0.29, 0.717) is 0 Å². The summed E-state index contributed by atoms with van der Waals surface area (Å²) in [6.07, 6.45) is 5.97. The van der Waals surface area contributed by atoms with Crippen molar-refractivity contribution in [3.8, 4) is 0 Å². The van der Waals surface area contributed by atoms with E-state index in [0.717, 1.165) is 24.3 Å². The molecule has 3 heteroatoms. The van der Waals surface area contributed by atoms with Crippen molar-refractivity contribution >= 4 is 16.5 Å². The molecule has 2 aliphatic rings. The second kappa shape index (κ2) is 4.53. The van der Waals surface area contributed by atoms with E-state index in [1.54, 1.807) is 0 Å². The van der Waals surface area contributed by atoms with Gasteiger partial charge in [-0.3, -0.25) is 0 Å². The molecular formula is C17H13N3. The van der Waals surface area contributed by atoms with Gasteiger partial charge < -0.3 is 0 Å². The molecule has 0 atom stereocenters. The number of allylic oxidation sites excluding steroid dienone is 3. The van der Waals surface area contributed by atoms with Gasteiger partial charge >= 0.3 is 0 Å². The van der Waals surface area contributed by atoms with Crippen molar-refractivity contribution in [2.75, 3.05) is 0 Å². The van der Waals surface area contributed by atoms with E-state index in [2.05, 4.69) is 64.0 Å². The Morgan fingerprint density at radius 2 is 1.90 bits per heavy atom. The number of rotatable bonds is 2. The number of benzene rings is 2. The zero-order valence-electron chi connectivity index (χ0n) is 11.0. The van der Waals surface area contributed by atoms with E-state index in [1.165, 1.54) is 21.9 Å². The van der Waals surface area contributed by atoms with Gasteiger partial charge in [0.25, 0.3) is 0 Å². The predicted molar refractivity (Wildman–Crippen MR) is 80.7 cm³/mol. The Bertz CT molecular complexity index is 805. The SMILES string of the molecule is C1=CC2=NN=NC2=C(Cc2cccc3ccccc23)C1. The van der Waals surface area contributed by atoms with Crippen molar-refractivity contribution in [1.29, 1.82) is 0 Å². The third-order valence-corrected chi connectivity index (χ3v) is 3.80. The Morgan fingerprint density at radius 3 is 2.90 bits per heavy atom. The molecule has 3 nitrogen and oxygen atoms in total. The monoisotopic (exact) mass is 259 g/mol. The highest BCUT2D eigenvalue weighted by molar-refractivity contribution is 6.10. The summed E-state index contributed by atoms with van der Waals surface area (Å²) >= 11 is 0. The van der Waals surface area contributed by atoms with Crippen LogP contribution >= 0.6 is 0 Å². The lowest BCUT2D eigenvalue weighted by atomic mass is 9.92. The van der Waals surface area contributed by atoms with Crippen molar-refractivity contribution in [3.05, 3.63) is 71.5 Å². The van der Waals surface area contributed by atoms with Crippen molar-refractivity contribution in [1.82, 2.24) is 0 Å². The summed E-state index contributed by atoms with van der Waals surface area (Å²) in [6.45, 7) is 0. The molecule has 0 saturated carbocycles. The summed E-state index contributed by atoms with van der Waals surface area (Å²) in [5.74, 6) is 0. The average molecular weight is 259 g/mol. The quantitative estimate of drug-likeness (QED) is 0.765. The first-order chi connectivity index (χ1) is 9.92. The fourth-order valence-corrected chi connectivity index (χ4v) is 2.82. The lowest BCUT2D eigenvalue weighted by molar-refractivity contribution is 1.01. The van der Waals surface area contributed by atoms with E-state index in [4.69, 9.17) is 0 Å². The van der Waals surface area contributed by atoms with Crippen LogP contribution in [0.15, 0.2) is 81.3 Å². The molecule has 0 spiro atoms. The second-order valence-corrected chi connectivity index (χ2v) is 5.05. The predicted octanol–water partition coefficient (Wildman–Crippen LogP) is 4.42. The van der Waals surface area contributed by atoms with Gasteiger partial charge in [-0.25, -0.2) is 0 Å². The summed E-state index contributed by atoms with van der Waals surface area (Å²) in [6, 6.07) is 15.0. The number of hydrogen-bond acceptors (Lipinski definition) is 3. The van der Waals surface area contributed by atoms with Crippen LogP contribution in [-0.4, -0.2) is 5.71 Å². The van der Waals surface area contributed by atoms with Crippen LogP contribution in [0.5, 0.6) is 0 Å². The maximum absolute atomic E-state index is 4.17. The first kappa shape index (κ1) is 11.3. The molecule has 20 heavy (non-hydrogen) atoms. The minimum atomic E-state index is 0.895. The minimum Gasteiger partial charge on any atom is -0.128 e. The van der Waals surface area contributed by atoms with Gasteiger partial charge in [0.1, 0.15) is 11.4 Å². The van der Waals surface area contributed by atoms with Crippen LogP contribution in [0.1, 0.15) is 12.0 Å². The normalized spacial score (nSPS) is 16.7. The summed E-state index contributed by atoms with van der Waals surface area (Å²) in [5, 5.41) is 14.6. The lowest BCUT2D eigenvalue weighted by Gasteiger charge is -2.13.